The molecule has 3 rings (SSSR count). The SMILES string of the molecule is C1=N[N]c2c1ccc1ccccc21. The Balaban J connectivity index is 2.46. The maximum Gasteiger partial charge on any atom is 0.102 e. The van der Waals surface area contributed by atoms with Crippen LogP contribution in [0.4, 0.5) is 5.69 Å². The third kappa shape index (κ3) is 0.855. The summed E-state index contributed by atoms with van der Waals surface area (Å²) in [6.07, 6.45) is 1.79. The summed E-state index contributed by atoms with van der Waals surface area (Å²) in [5.74, 6) is 0. The third-order valence-corrected chi connectivity index (χ3v) is 2.29. The maximum absolute atomic E-state index is 4.10. The minimum absolute atomic E-state index is 0.998. The number of hydrogen-bond donors (Lipinski definition) is 0. The van der Waals surface area contributed by atoms with Crippen LogP contribution in [0.3, 0.4) is 0 Å². The lowest BCUT2D eigenvalue weighted by molar-refractivity contribution is 0.999. The molecule has 0 fully saturated rings. The van der Waals surface area contributed by atoms with Crippen molar-refractivity contribution in [3.63, 3.8) is 0 Å². The number of benzene rings is 2. The fourth-order valence-electron chi connectivity index (χ4n) is 1.64. The van der Waals surface area contributed by atoms with Crippen LogP contribution in [-0.4, -0.2) is 6.21 Å². The third-order valence-electron chi connectivity index (χ3n) is 2.29. The Kier molecular flexibility index (Phi) is 1.19. The molecule has 1 heterocycles. The van der Waals surface area contributed by atoms with E-state index in [9.17, 15) is 0 Å². The van der Waals surface area contributed by atoms with E-state index in [2.05, 4.69) is 34.8 Å². The van der Waals surface area contributed by atoms with E-state index in [4.69, 9.17) is 0 Å². The van der Waals surface area contributed by atoms with Gasteiger partial charge < -0.3 is 0 Å². The van der Waals surface area contributed by atoms with E-state index in [1.165, 1.54) is 10.8 Å². The molecule has 0 aromatic heterocycles. The molecule has 1 aliphatic rings. The molecule has 1 aliphatic heterocycles. The summed E-state index contributed by atoms with van der Waals surface area (Å²) in [6.45, 7) is 0. The van der Waals surface area contributed by atoms with Crippen molar-refractivity contribution in [2.45, 2.75) is 0 Å². The molecule has 0 atom stereocenters. The van der Waals surface area contributed by atoms with Crippen LogP contribution in [0.1, 0.15) is 5.56 Å². The number of fused-ring (bicyclic) bond motifs is 3. The zero-order chi connectivity index (χ0) is 8.67. The van der Waals surface area contributed by atoms with Gasteiger partial charge in [-0.1, -0.05) is 36.4 Å². The van der Waals surface area contributed by atoms with Crippen LogP contribution in [0.5, 0.6) is 0 Å². The van der Waals surface area contributed by atoms with Crippen molar-refractivity contribution in [3.05, 3.63) is 42.0 Å². The van der Waals surface area contributed by atoms with Gasteiger partial charge in [-0.3, -0.25) is 0 Å². The van der Waals surface area contributed by atoms with Crippen LogP contribution in [-0.2, 0) is 0 Å². The molecule has 0 unspecified atom stereocenters. The second-order valence-electron chi connectivity index (χ2n) is 3.07. The number of hydrogen-bond acceptors (Lipinski definition) is 1. The van der Waals surface area contributed by atoms with Gasteiger partial charge in [0.25, 0.3) is 0 Å². The molecule has 2 aromatic rings. The number of nitrogens with zero attached hydrogens (tertiary/aromatic N) is 2. The largest absolute Gasteiger partial charge is 0.158 e. The topological polar surface area (TPSA) is 26.5 Å². The van der Waals surface area contributed by atoms with Gasteiger partial charge in [0.15, 0.2) is 0 Å². The van der Waals surface area contributed by atoms with Crippen molar-refractivity contribution in [2.75, 3.05) is 0 Å². The smallest absolute Gasteiger partial charge is 0.102 e. The zero-order valence-electron chi connectivity index (χ0n) is 6.94. The Bertz CT molecular complexity index is 500. The van der Waals surface area contributed by atoms with Crippen LogP contribution in [0, 0.1) is 0 Å². The molecule has 13 heavy (non-hydrogen) atoms. The maximum atomic E-state index is 4.10. The Labute approximate surface area is 75.9 Å². The predicted molar refractivity (Wildman–Crippen MR) is 53.3 cm³/mol. The summed E-state index contributed by atoms with van der Waals surface area (Å²) in [5.41, 5.74) is 6.20. The molecule has 2 aromatic carbocycles. The van der Waals surface area contributed by atoms with Crippen LogP contribution in [0.2, 0.25) is 0 Å². The van der Waals surface area contributed by atoms with Gasteiger partial charge in [0.2, 0.25) is 0 Å². The Morgan fingerprint density at radius 3 is 2.85 bits per heavy atom. The monoisotopic (exact) mass is 167 g/mol. The zero-order valence-corrected chi connectivity index (χ0v) is 6.94. The molecule has 0 bridgehead atoms. The van der Waals surface area contributed by atoms with Crippen molar-refractivity contribution in [1.29, 1.82) is 0 Å². The fourth-order valence-corrected chi connectivity index (χ4v) is 1.64. The Morgan fingerprint density at radius 2 is 1.85 bits per heavy atom. The molecular formula is C11H7N2. The molecule has 0 aliphatic carbocycles. The quantitative estimate of drug-likeness (QED) is 0.576. The second-order valence-corrected chi connectivity index (χ2v) is 3.07. The van der Waals surface area contributed by atoms with Crippen LogP contribution in [0.25, 0.3) is 10.8 Å². The lowest BCUT2D eigenvalue weighted by Crippen LogP contribution is -1.84. The van der Waals surface area contributed by atoms with Crippen LogP contribution < -0.4 is 5.43 Å². The summed E-state index contributed by atoms with van der Waals surface area (Å²) >= 11 is 0. The first kappa shape index (κ1) is 6.66. The highest BCUT2D eigenvalue weighted by Gasteiger charge is 2.10. The normalized spacial score (nSPS) is 12.9. The van der Waals surface area contributed by atoms with E-state index >= 15 is 0 Å². The second kappa shape index (κ2) is 2.33. The van der Waals surface area contributed by atoms with E-state index in [1.54, 1.807) is 6.21 Å². The highest BCUT2D eigenvalue weighted by atomic mass is 15.3. The van der Waals surface area contributed by atoms with Gasteiger partial charge in [-0.05, 0) is 5.39 Å². The van der Waals surface area contributed by atoms with E-state index < -0.39 is 0 Å². The predicted octanol–water partition coefficient (Wildman–Crippen LogP) is 2.42. The molecule has 0 N–H and O–H groups in total. The van der Waals surface area contributed by atoms with Gasteiger partial charge in [0.1, 0.15) is 5.69 Å². The molecule has 0 spiro atoms. The summed E-state index contributed by atoms with van der Waals surface area (Å²) in [4.78, 5) is 0. The van der Waals surface area contributed by atoms with Crippen LogP contribution >= 0.6 is 0 Å². The molecule has 0 saturated heterocycles. The summed E-state index contributed by atoms with van der Waals surface area (Å²) in [7, 11) is 0. The van der Waals surface area contributed by atoms with E-state index in [-0.39, 0.29) is 0 Å². The van der Waals surface area contributed by atoms with Crippen LogP contribution in [0.15, 0.2) is 41.5 Å². The highest BCUT2D eigenvalue weighted by Crippen LogP contribution is 2.28. The minimum Gasteiger partial charge on any atom is -0.158 e. The average Bonchev–Trinajstić information content (AvgIpc) is 2.65. The van der Waals surface area contributed by atoms with Crippen molar-refractivity contribution in [3.8, 4) is 0 Å². The number of rotatable bonds is 0. The molecule has 2 nitrogen and oxygen atoms in total. The molecule has 1 radical (unpaired) electrons. The lowest BCUT2D eigenvalue weighted by atomic mass is 10.1. The summed E-state index contributed by atoms with van der Waals surface area (Å²) in [6, 6.07) is 12.4. The Morgan fingerprint density at radius 1 is 0.923 bits per heavy atom. The average molecular weight is 167 g/mol. The molecule has 61 valence electrons. The minimum atomic E-state index is 0.998. The van der Waals surface area contributed by atoms with Crippen molar-refractivity contribution >= 4 is 22.7 Å². The molecule has 2 heteroatoms. The summed E-state index contributed by atoms with van der Waals surface area (Å²) in [5, 5.41) is 6.30. The highest BCUT2D eigenvalue weighted by molar-refractivity contribution is 6.03. The van der Waals surface area contributed by atoms with Gasteiger partial charge in [-0.15, -0.1) is 5.43 Å². The van der Waals surface area contributed by atoms with Gasteiger partial charge >= 0.3 is 0 Å². The van der Waals surface area contributed by atoms with E-state index in [0.29, 0.717) is 0 Å². The first-order valence-corrected chi connectivity index (χ1v) is 4.21. The Hall–Kier alpha value is -1.83. The first-order chi connectivity index (χ1) is 6.45. The molecule has 0 saturated carbocycles. The van der Waals surface area contributed by atoms with Gasteiger partial charge in [-0.2, -0.15) is 5.10 Å². The van der Waals surface area contributed by atoms with Gasteiger partial charge in [0, 0.05) is 10.9 Å². The van der Waals surface area contributed by atoms with Crippen molar-refractivity contribution in [2.24, 2.45) is 5.10 Å². The van der Waals surface area contributed by atoms with E-state index in [0.717, 1.165) is 11.3 Å². The lowest BCUT2D eigenvalue weighted by Gasteiger charge is -2.01. The fraction of sp³-hybridized carbons (Fsp3) is 0. The van der Waals surface area contributed by atoms with Crippen molar-refractivity contribution in [1.82, 2.24) is 5.43 Å². The summed E-state index contributed by atoms with van der Waals surface area (Å²) < 4.78 is 0. The molecular weight excluding hydrogens is 160 g/mol. The van der Waals surface area contributed by atoms with E-state index in [1.807, 2.05) is 12.1 Å². The van der Waals surface area contributed by atoms with Gasteiger partial charge in [-0.25, -0.2) is 0 Å². The standard InChI is InChI=1S/C11H7N2/c1-2-4-10-8(3-1)5-6-9-7-12-13-11(9)10/h1-7H. The molecule has 0 amide bonds. The van der Waals surface area contributed by atoms with Gasteiger partial charge in [0.05, 0.1) is 6.21 Å². The van der Waals surface area contributed by atoms with Crippen molar-refractivity contribution < 1.29 is 0 Å². The first-order valence-electron chi connectivity index (χ1n) is 4.21.